The first kappa shape index (κ1) is 8.68. The van der Waals surface area contributed by atoms with E-state index in [0.717, 1.165) is 11.8 Å². The van der Waals surface area contributed by atoms with Crippen molar-refractivity contribution in [3.05, 3.63) is 23.0 Å². The van der Waals surface area contributed by atoms with Gasteiger partial charge in [-0.3, -0.25) is 0 Å². The van der Waals surface area contributed by atoms with Gasteiger partial charge in [-0.15, -0.1) is 11.8 Å². The Bertz CT molecular complexity index is 277. The molecular weight excluding hydrogens is 187 g/mol. The van der Waals surface area contributed by atoms with Crippen molar-refractivity contribution in [1.29, 1.82) is 0 Å². The Morgan fingerprint density at radius 1 is 1.55 bits per heavy atom. The highest BCUT2D eigenvalue weighted by Crippen LogP contribution is 2.32. The van der Waals surface area contributed by atoms with Gasteiger partial charge >= 0.3 is 0 Å². The molecule has 0 amide bonds. The molecule has 0 fully saturated rings. The Labute approximate surface area is 73.2 Å². The summed E-state index contributed by atoms with van der Waals surface area (Å²) in [6.45, 7) is 0. The average Bonchev–Trinajstić information content (AvgIpc) is 1.99. The van der Waals surface area contributed by atoms with Crippen molar-refractivity contribution in [2.24, 2.45) is 0 Å². The third kappa shape index (κ3) is 1.60. The van der Waals surface area contributed by atoms with Crippen molar-refractivity contribution in [3.63, 3.8) is 0 Å². The predicted octanol–water partition coefficient (Wildman–Crippen LogP) is 2.91. The van der Waals surface area contributed by atoms with E-state index < -0.39 is 5.82 Å². The lowest BCUT2D eigenvalue weighted by Crippen LogP contribution is -1.82. The van der Waals surface area contributed by atoms with Gasteiger partial charge in [0.1, 0.15) is 5.75 Å². The maximum Gasteiger partial charge on any atom is 0.159 e. The van der Waals surface area contributed by atoms with Crippen LogP contribution in [0.4, 0.5) is 4.39 Å². The molecule has 1 aromatic carbocycles. The average molecular weight is 193 g/mol. The molecule has 0 saturated carbocycles. The van der Waals surface area contributed by atoms with Gasteiger partial charge in [-0.25, -0.2) is 4.39 Å². The van der Waals surface area contributed by atoms with Gasteiger partial charge in [0.2, 0.25) is 0 Å². The smallest absolute Gasteiger partial charge is 0.159 e. The van der Waals surface area contributed by atoms with E-state index in [4.69, 9.17) is 16.7 Å². The zero-order valence-electron chi connectivity index (χ0n) is 5.77. The van der Waals surface area contributed by atoms with Gasteiger partial charge in [0, 0.05) is 0 Å². The Kier molecular flexibility index (Phi) is 2.62. The molecule has 0 aliphatic heterocycles. The first-order chi connectivity index (χ1) is 5.16. The quantitative estimate of drug-likeness (QED) is 0.691. The van der Waals surface area contributed by atoms with Crippen LogP contribution in [0.15, 0.2) is 17.0 Å². The fourth-order valence-electron chi connectivity index (χ4n) is 0.716. The van der Waals surface area contributed by atoms with E-state index in [-0.39, 0.29) is 15.7 Å². The van der Waals surface area contributed by atoms with Crippen LogP contribution in [0.5, 0.6) is 5.75 Å². The van der Waals surface area contributed by atoms with Gasteiger partial charge in [0.25, 0.3) is 0 Å². The second-order valence-electron chi connectivity index (χ2n) is 1.91. The van der Waals surface area contributed by atoms with Gasteiger partial charge < -0.3 is 5.11 Å². The molecule has 0 unspecified atom stereocenters. The summed E-state index contributed by atoms with van der Waals surface area (Å²) in [6, 6.07) is 2.70. The van der Waals surface area contributed by atoms with Crippen LogP contribution in [0.25, 0.3) is 0 Å². The van der Waals surface area contributed by atoms with Crippen LogP contribution >= 0.6 is 23.4 Å². The van der Waals surface area contributed by atoms with Crippen LogP contribution in [-0.4, -0.2) is 11.4 Å². The molecule has 1 rings (SSSR count). The molecule has 0 atom stereocenters. The maximum absolute atomic E-state index is 13.0. The first-order valence-electron chi connectivity index (χ1n) is 2.87. The van der Waals surface area contributed by atoms with E-state index in [9.17, 15) is 4.39 Å². The number of thioether (sulfide) groups is 1. The maximum atomic E-state index is 13.0. The van der Waals surface area contributed by atoms with Crippen LogP contribution < -0.4 is 0 Å². The summed E-state index contributed by atoms with van der Waals surface area (Å²) in [5.74, 6) is -0.626. The molecule has 0 radical (unpaired) electrons. The molecular formula is C7H6ClFOS. The summed E-state index contributed by atoms with van der Waals surface area (Å²) in [5.41, 5.74) is 0. The summed E-state index contributed by atoms with van der Waals surface area (Å²) < 4.78 is 13.0. The van der Waals surface area contributed by atoms with Crippen molar-refractivity contribution in [3.8, 4) is 5.75 Å². The van der Waals surface area contributed by atoms with Crippen molar-refractivity contribution in [2.45, 2.75) is 4.90 Å². The van der Waals surface area contributed by atoms with Crippen LogP contribution in [0, 0.1) is 5.82 Å². The molecule has 0 spiro atoms. The highest BCUT2D eigenvalue weighted by Gasteiger charge is 2.09. The monoisotopic (exact) mass is 192 g/mol. The summed E-state index contributed by atoms with van der Waals surface area (Å²) in [5, 5.41) is 9.13. The third-order valence-corrected chi connectivity index (χ3v) is 2.32. The highest BCUT2D eigenvalue weighted by molar-refractivity contribution is 7.98. The fraction of sp³-hybridized carbons (Fsp3) is 0.143. The Morgan fingerprint density at radius 2 is 2.18 bits per heavy atom. The lowest BCUT2D eigenvalue weighted by Gasteiger charge is -2.02. The van der Waals surface area contributed by atoms with Crippen LogP contribution in [-0.2, 0) is 0 Å². The SMILES string of the molecule is CSc1c(O)ccc(Cl)c1F. The lowest BCUT2D eigenvalue weighted by molar-refractivity contribution is 0.450. The van der Waals surface area contributed by atoms with Crippen molar-refractivity contribution in [1.82, 2.24) is 0 Å². The zero-order valence-corrected chi connectivity index (χ0v) is 7.34. The van der Waals surface area contributed by atoms with Gasteiger partial charge in [-0.2, -0.15) is 0 Å². The number of rotatable bonds is 1. The standard InChI is InChI=1S/C7H6ClFOS/c1-11-7-5(10)3-2-4(8)6(7)9/h2-3,10H,1H3. The topological polar surface area (TPSA) is 20.2 Å². The Hall–Kier alpha value is -0.410. The minimum absolute atomic E-state index is 0.0344. The van der Waals surface area contributed by atoms with Crippen molar-refractivity contribution in [2.75, 3.05) is 6.26 Å². The van der Waals surface area contributed by atoms with Crippen molar-refractivity contribution >= 4 is 23.4 Å². The van der Waals surface area contributed by atoms with Crippen LogP contribution in [0.3, 0.4) is 0 Å². The summed E-state index contributed by atoms with van der Waals surface area (Å²) in [6.07, 6.45) is 1.68. The second-order valence-corrected chi connectivity index (χ2v) is 3.14. The number of benzene rings is 1. The largest absolute Gasteiger partial charge is 0.507 e. The molecule has 0 aromatic heterocycles. The summed E-state index contributed by atoms with van der Waals surface area (Å²) >= 11 is 6.59. The molecule has 11 heavy (non-hydrogen) atoms. The van der Waals surface area contributed by atoms with Gasteiger partial charge in [0.15, 0.2) is 5.82 Å². The van der Waals surface area contributed by atoms with Crippen molar-refractivity contribution < 1.29 is 9.50 Å². The normalized spacial score (nSPS) is 10.1. The molecule has 0 saturated heterocycles. The summed E-state index contributed by atoms with van der Waals surface area (Å²) in [4.78, 5) is 0.192. The molecule has 0 aliphatic carbocycles. The lowest BCUT2D eigenvalue weighted by atomic mass is 10.3. The third-order valence-electron chi connectivity index (χ3n) is 1.23. The minimum atomic E-state index is -0.556. The molecule has 0 bridgehead atoms. The molecule has 4 heteroatoms. The number of hydrogen-bond acceptors (Lipinski definition) is 2. The number of phenols is 1. The number of aromatic hydroxyl groups is 1. The number of hydrogen-bond donors (Lipinski definition) is 1. The van der Waals surface area contributed by atoms with Gasteiger partial charge in [-0.05, 0) is 18.4 Å². The fourth-order valence-corrected chi connectivity index (χ4v) is 1.50. The Balaban J connectivity index is 3.29. The molecule has 1 nitrogen and oxygen atoms in total. The molecule has 1 N–H and O–H groups in total. The second kappa shape index (κ2) is 3.32. The van der Waals surface area contributed by atoms with E-state index in [0.29, 0.717) is 0 Å². The van der Waals surface area contributed by atoms with E-state index >= 15 is 0 Å². The van der Waals surface area contributed by atoms with Crippen LogP contribution in [0.1, 0.15) is 0 Å². The van der Waals surface area contributed by atoms with E-state index in [1.165, 1.54) is 12.1 Å². The molecule has 0 aliphatic rings. The zero-order chi connectivity index (χ0) is 8.43. The first-order valence-corrected chi connectivity index (χ1v) is 4.48. The number of halogens is 2. The van der Waals surface area contributed by atoms with Gasteiger partial charge in [-0.1, -0.05) is 11.6 Å². The number of phenolic OH excluding ortho intramolecular Hbond substituents is 1. The summed E-state index contributed by atoms with van der Waals surface area (Å²) in [7, 11) is 0. The highest BCUT2D eigenvalue weighted by atomic mass is 35.5. The minimum Gasteiger partial charge on any atom is -0.507 e. The van der Waals surface area contributed by atoms with E-state index in [1.54, 1.807) is 6.26 Å². The molecule has 0 heterocycles. The molecule has 1 aromatic rings. The Morgan fingerprint density at radius 3 is 2.64 bits per heavy atom. The van der Waals surface area contributed by atoms with Gasteiger partial charge in [0.05, 0.1) is 9.92 Å². The van der Waals surface area contributed by atoms with Crippen LogP contribution in [0.2, 0.25) is 5.02 Å². The predicted molar refractivity (Wildman–Crippen MR) is 44.9 cm³/mol. The molecule has 60 valence electrons. The van der Waals surface area contributed by atoms with E-state index in [1.807, 2.05) is 0 Å². The van der Waals surface area contributed by atoms with E-state index in [2.05, 4.69) is 0 Å².